The van der Waals surface area contributed by atoms with Gasteiger partial charge in [-0.1, -0.05) is 140 Å². The number of nitrogens with zero attached hydrogens (tertiary/aromatic N) is 3. The summed E-state index contributed by atoms with van der Waals surface area (Å²) in [5.74, 6) is 1.81. The van der Waals surface area contributed by atoms with Gasteiger partial charge in [-0.2, -0.15) is 0 Å². The van der Waals surface area contributed by atoms with Crippen LogP contribution in [-0.2, 0) is 0 Å². The van der Waals surface area contributed by atoms with E-state index < -0.39 is 0 Å². The Morgan fingerprint density at radius 1 is 0.296 bits per heavy atom. The fraction of sp³-hybridized carbons (Fsp3) is 0. The van der Waals surface area contributed by atoms with Gasteiger partial charge in [0.1, 0.15) is 22.3 Å². The molecule has 0 fully saturated rings. The minimum absolute atomic E-state index is 0.594. The number of hydrogen-bond donors (Lipinski definition) is 0. The maximum Gasteiger partial charge on any atom is 0.164 e. The second kappa shape index (κ2) is 12.1. The van der Waals surface area contributed by atoms with Crippen molar-refractivity contribution < 1.29 is 8.83 Å². The lowest BCUT2D eigenvalue weighted by molar-refractivity contribution is 0.669. The highest BCUT2D eigenvalue weighted by molar-refractivity contribution is 6.19. The van der Waals surface area contributed by atoms with Gasteiger partial charge in [0, 0.05) is 43.6 Å². The molecule has 0 amide bonds. The average Bonchev–Trinajstić information content (AvgIpc) is 3.82. The minimum Gasteiger partial charge on any atom is -0.456 e. The molecule has 0 unspecified atom stereocenters. The molecule has 5 nitrogen and oxygen atoms in total. The van der Waals surface area contributed by atoms with Crippen LogP contribution in [0, 0.1) is 0 Å². The molecule has 11 rings (SSSR count). The van der Waals surface area contributed by atoms with Crippen molar-refractivity contribution in [1.82, 2.24) is 15.0 Å². The van der Waals surface area contributed by atoms with Gasteiger partial charge in [0.15, 0.2) is 17.5 Å². The quantitative estimate of drug-likeness (QED) is 0.180. The highest BCUT2D eigenvalue weighted by Gasteiger charge is 2.19. The van der Waals surface area contributed by atoms with Crippen LogP contribution in [0.5, 0.6) is 0 Å². The highest BCUT2D eigenvalue weighted by atomic mass is 16.3. The average molecular weight is 692 g/mol. The molecule has 8 aromatic carbocycles. The zero-order chi connectivity index (χ0) is 35.6. The van der Waals surface area contributed by atoms with Crippen LogP contribution < -0.4 is 0 Å². The summed E-state index contributed by atoms with van der Waals surface area (Å²) in [5.41, 5.74) is 10.7. The van der Waals surface area contributed by atoms with E-state index in [0.29, 0.717) is 17.5 Å². The first kappa shape index (κ1) is 30.3. The van der Waals surface area contributed by atoms with Crippen LogP contribution in [0.2, 0.25) is 0 Å². The summed E-state index contributed by atoms with van der Waals surface area (Å²) in [6.45, 7) is 0. The minimum atomic E-state index is 0.594. The number of rotatable bonds is 5. The number of furan rings is 2. The van der Waals surface area contributed by atoms with Gasteiger partial charge in [-0.3, -0.25) is 0 Å². The second-order valence-electron chi connectivity index (χ2n) is 13.6. The van der Waals surface area contributed by atoms with E-state index in [2.05, 4.69) is 97.1 Å². The van der Waals surface area contributed by atoms with Gasteiger partial charge >= 0.3 is 0 Å². The van der Waals surface area contributed by atoms with Crippen molar-refractivity contribution in [2.75, 3.05) is 0 Å². The Bertz CT molecular complexity index is 3200. The maximum absolute atomic E-state index is 6.49. The second-order valence-corrected chi connectivity index (χ2v) is 13.6. The Labute approximate surface area is 309 Å². The third kappa shape index (κ3) is 4.90. The van der Waals surface area contributed by atoms with Crippen LogP contribution in [0.4, 0.5) is 0 Å². The van der Waals surface area contributed by atoms with Crippen LogP contribution in [0.15, 0.2) is 185 Å². The summed E-state index contributed by atoms with van der Waals surface area (Å²) in [7, 11) is 0. The number of aromatic nitrogens is 3. The summed E-state index contributed by atoms with van der Waals surface area (Å²) < 4.78 is 12.7. The molecule has 11 aromatic rings. The molecular weight excluding hydrogens is 663 g/mol. The number of benzene rings is 8. The summed E-state index contributed by atoms with van der Waals surface area (Å²) in [5, 5.41) is 6.43. The summed E-state index contributed by atoms with van der Waals surface area (Å²) in [4.78, 5) is 15.2. The molecule has 0 spiro atoms. The van der Waals surface area contributed by atoms with Gasteiger partial charge in [-0.15, -0.1) is 0 Å². The van der Waals surface area contributed by atoms with Crippen molar-refractivity contribution in [3.05, 3.63) is 176 Å². The molecule has 0 atom stereocenters. The van der Waals surface area contributed by atoms with Crippen molar-refractivity contribution in [2.45, 2.75) is 0 Å². The van der Waals surface area contributed by atoms with E-state index in [0.717, 1.165) is 88.0 Å². The molecule has 0 aliphatic carbocycles. The van der Waals surface area contributed by atoms with E-state index in [4.69, 9.17) is 23.8 Å². The Kier molecular flexibility index (Phi) is 6.79. The standard InChI is InChI=1S/C49H29N3O2/c1-3-12-30(13-4-1)34-26-27-36-40(28-34)39(29-41-35-16-7-9-19-42(35)54-46(36)41)31-22-24-33(25-23-31)48-50-47(32-14-5-2-6-15-32)51-49(52-48)38-18-11-21-44-45(38)37-17-8-10-20-43(37)53-44/h1-29H. The number of para-hydroxylation sites is 2. The van der Waals surface area contributed by atoms with E-state index in [-0.39, 0.29) is 0 Å². The fourth-order valence-corrected chi connectivity index (χ4v) is 7.75. The Morgan fingerprint density at radius 2 is 0.870 bits per heavy atom. The normalized spacial score (nSPS) is 11.7. The van der Waals surface area contributed by atoms with Crippen molar-refractivity contribution in [3.8, 4) is 56.4 Å². The van der Waals surface area contributed by atoms with Crippen LogP contribution in [0.25, 0.3) is 111 Å². The lowest BCUT2D eigenvalue weighted by Crippen LogP contribution is -2.00. The van der Waals surface area contributed by atoms with E-state index >= 15 is 0 Å². The number of fused-ring (bicyclic) bond motifs is 8. The Morgan fingerprint density at radius 3 is 1.63 bits per heavy atom. The lowest BCUT2D eigenvalue weighted by atomic mass is 9.92. The first-order chi connectivity index (χ1) is 26.7. The summed E-state index contributed by atoms with van der Waals surface area (Å²) in [6.07, 6.45) is 0. The Hall–Kier alpha value is -7.37. The van der Waals surface area contributed by atoms with Crippen LogP contribution in [-0.4, -0.2) is 15.0 Å². The topological polar surface area (TPSA) is 65.0 Å². The first-order valence-electron chi connectivity index (χ1n) is 18.0. The van der Waals surface area contributed by atoms with Gasteiger partial charge in [-0.05, 0) is 64.0 Å². The van der Waals surface area contributed by atoms with Gasteiger partial charge < -0.3 is 8.83 Å². The third-order valence-corrected chi connectivity index (χ3v) is 10.3. The van der Waals surface area contributed by atoms with E-state index in [1.807, 2.05) is 78.9 Å². The molecule has 0 bridgehead atoms. The molecule has 54 heavy (non-hydrogen) atoms. The summed E-state index contributed by atoms with van der Waals surface area (Å²) in [6, 6.07) is 60.5. The van der Waals surface area contributed by atoms with E-state index in [1.54, 1.807) is 0 Å². The SMILES string of the molecule is c1ccc(-c2ccc3c(c2)c(-c2ccc(-c4nc(-c5ccccc5)nc(-c5cccc6oc7ccccc7c56)n4)cc2)cc2c4ccccc4oc32)cc1. The van der Waals surface area contributed by atoms with Crippen molar-refractivity contribution >= 4 is 54.6 Å². The summed E-state index contributed by atoms with van der Waals surface area (Å²) >= 11 is 0. The van der Waals surface area contributed by atoms with Crippen molar-refractivity contribution in [2.24, 2.45) is 0 Å². The predicted molar refractivity (Wildman–Crippen MR) is 219 cm³/mol. The smallest absolute Gasteiger partial charge is 0.164 e. The van der Waals surface area contributed by atoms with Crippen LogP contribution in [0.3, 0.4) is 0 Å². The molecule has 0 N–H and O–H groups in total. The first-order valence-corrected chi connectivity index (χ1v) is 18.0. The molecule has 3 aromatic heterocycles. The maximum atomic E-state index is 6.49. The lowest BCUT2D eigenvalue weighted by Gasteiger charge is -2.12. The van der Waals surface area contributed by atoms with Gasteiger partial charge in [0.2, 0.25) is 0 Å². The van der Waals surface area contributed by atoms with E-state index in [9.17, 15) is 0 Å². The van der Waals surface area contributed by atoms with Crippen molar-refractivity contribution in [3.63, 3.8) is 0 Å². The van der Waals surface area contributed by atoms with Gasteiger partial charge in [0.25, 0.3) is 0 Å². The molecule has 0 aliphatic heterocycles. The molecule has 5 heteroatoms. The van der Waals surface area contributed by atoms with Gasteiger partial charge in [-0.25, -0.2) is 15.0 Å². The monoisotopic (exact) mass is 691 g/mol. The Balaban J connectivity index is 1.09. The molecule has 0 saturated heterocycles. The molecule has 3 heterocycles. The zero-order valence-corrected chi connectivity index (χ0v) is 28.9. The largest absolute Gasteiger partial charge is 0.456 e. The van der Waals surface area contributed by atoms with E-state index in [1.165, 1.54) is 5.56 Å². The molecule has 252 valence electrons. The highest BCUT2D eigenvalue weighted by Crippen LogP contribution is 2.42. The predicted octanol–water partition coefficient (Wildman–Crippen LogP) is 13.2. The molecule has 0 aliphatic rings. The number of hydrogen-bond acceptors (Lipinski definition) is 5. The third-order valence-electron chi connectivity index (χ3n) is 10.3. The molecular formula is C49H29N3O2. The zero-order valence-electron chi connectivity index (χ0n) is 28.9. The van der Waals surface area contributed by atoms with Crippen LogP contribution >= 0.6 is 0 Å². The molecule has 0 radical (unpaired) electrons. The van der Waals surface area contributed by atoms with Crippen LogP contribution in [0.1, 0.15) is 0 Å². The van der Waals surface area contributed by atoms with Gasteiger partial charge in [0.05, 0.1) is 0 Å². The fourth-order valence-electron chi connectivity index (χ4n) is 7.75. The molecule has 0 saturated carbocycles. The van der Waals surface area contributed by atoms with Crippen molar-refractivity contribution in [1.29, 1.82) is 0 Å².